The van der Waals surface area contributed by atoms with E-state index in [9.17, 15) is 0 Å². The predicted molar refractivity (Wildman–Crippen MR) is 75.7 cm³/mol. The molecule has 0 N–H and O–H groups in total. The Kier molecular flexibility index (Phi) is 8.99. The van der Waals surface area contributed by atoms with E-state index < -0.39 is 0 Å². The Morgan fingerprint density at radius 3 is 2.25 bits per heavy atom. The van der Waals surface area contributed by atoms with Gasteiger partial charge in [-0.15, -0.1) is 6.58 Å². The summed E-state index contributed by atoms with van der Waals surface area (Å²) in [7, 11) is 0. The van der Waals surface area contributed by atoms with E-state index in [1.807, 2.05) is 0 Å². The van der Waals surface area contributed by atoms with Crippen molar-refractivity contribution in [3.8, 4) is 0 Å². The van der Waals surface area contributed by atoms with E-state index in [4.69, 9.17) is 0 Å². The predicted octanol–water partition coefficient (Wildman–Crippen LogP) is 5.82. The normalized spacial score (nSPS) is 11.6. The highest BCUT2D eigenvalue weighted by Gasteiger charge is 1.94. The Morgan fingerprint density at radius 2 is 1.69 bits per heavy atom. The molecular weight excluding hydrogens is 192 g/mol. The van der Waals surface area contributed by atoms with Crippen molar-refractivity contribution < 1.29 is 0 Å². The van der Waals surface area contributed by atoms with Gasteiger partial charge in [0.15, 0.2) is 0 Å². The molecule has 16 heavy (non-hydrogen) atoms. The van der Waals surface area contributed by atoms with Crippen LogP contribution in [0.5, 0.6) is 0 Å². The van der Waals surface area contributed by atoms with Crippen molar-refractivity contribution in [3.63, 3.8) is 0 Å². The van der Waals surface area contributed by atoms with Crippen molar-refractivity contribution in [3.05, 3.63) is 36.0 Å². The SMILES string of the molecule is C=C(C)CCC/C(C)=C/CC(=C)CCCC. The molecule has 0 amide bonds. The zero-order valence-electron chi connectivity index (χ0n) is 11.4. The van der Waals surface area contributed by atoms with Gasteiger partial charge in [-0.25, -0.2) is 0 Å². The van der Waals surface area contributed by atoms with Crippen molar-refractivity contribution in [2.24, 2.45) is 0 Å². The Labute approximate surface area is 102 Å². The van der Waals surface area contributed by atoms with Gasteiger partial charge in [-0.1, -0.05) is 42.7 Å². The van der Waals surface area contributed by atoms with Crippen LogP contribution in [-0.2, 0) is 0 Å². The van der Waals surface area contributed by atoms with E-state index in [-0.39, 0.29) is 0 Å². The fourth-order valence-electron chi connectivity index (χ4n) is 1.62. The highest BCUT2D eigenvalue weighted by molar-refractivity contribution is 5.07. The zero-order valence-corrected chi connectivity index (χ0v) is 11.4. The summed E-state index contributed by atoms with van der Waals surface area (Å²) in [5, 5.41) is 0. The third-order valence-corrected chi connectivity index (χ3v) is 2.80. The number of allylic oxidation sites excluding steroid dienone is 4. The van der Waals surface area contributed by atoms with Crippen molar-refractivity contribution >= 4 is 0 Å². The summed E-state index contributed by atoms with van der Waals surface area (Å²) >= 11 is 0. The first-order chi connectivity index (χ1) is 7.56. The second-order valence-corrected chi connectivity index (χ2v) is 4.92. The molecule has 0 heterocycles. The summed E-state index contributed by atoms with van der Waals surface area (Å²) in [5.74, 6) is 0. The summed E-state index contributed by atoms with van der Waals surface area (Å²) in [6.45, 7) is 14.6. The highest BCUT2D eigenvalue weighted by Crippen LogP contribution is 2.14. The van der Waals surface area contributed by atoms with Gasteiger partial charge in [-0.3, -0.25) is 0 Å². The first-order valence-electron chi connectivity index (χ1n) is 6.53. The minimum absolute atomic E-state index is 1.07. The standard InChI is InChI=1S/C16H28/c1-6-7-10-15(4)12-13-16(5)11-8-9-14(2)3/h13H,2,4,6-12H2,1,3,5H3/b16-13+. The van der Waals surface area contributed by atoms with Gasteiger partial charge in [0, 0.05) is 0 Å². The summed E-state index contributed by atoms with van der Waals surface area (Å²) < 4.78 is 0. The fourth-order valence-corrected chi connectivity index (χ4v) is 1.62. The van der Waals surface area contributed by atoms with E-state index in [0.29, 0.717) is 0 Å². The topological polar surface area (TPSA) is 0 Å². The molecule has 0 saturated carbocycles. The van der Waals surface area contributed by atoms with Crippen LogP contribution in [0.25, 0.3) is 0 Å². The molecular formula is C16H28. The van der Waals surface area contributed by atoms with Crippen LogP contribution in [0.15, 0.2) is 36.0 Å². The molecule has 92 valence electrons. The molecule has 0 aromatic rings. The minimum atomic E-state index is 1.07. The Hall–Kier alpha value is -0.780. The largest absolute Gasteiger partial charge is 0.100 e. The number of rotatable bonds is 9. The van der Waals surface area contributed by atoms with Gasteiger partial charge in [0.05, 0.1) is 0 Å². The van der Waals surface area contributed by atoms with Crippen LogP contribution < -0.4 is 0 Å². The Morgan fingerprint density at radius 1 is 1.00 bits per heavy atom. The first-order valence-corrected chi connectivity index (χ1v) is 6.53. The Bertz CT molecular complexity index is 243. The van der Waals surface area contributed by atoms with Gasteiger partial charge >= 0.3 is 0 Å². The molecule has 0 fully saturated rings. The molecule has 0 rings (SSSR count). The highest BCUT2D eigenvalue weighted by atomic mass is 14.0. The monoisotopic (exact) mass is 220 g/mol. The third kappa shape index (κ3) is 9.76. The molecule has 0 aliphatic rings. The lowest BCUT2D eigenvalue weighted by molar-refractivity contribution is 0.772. The number of unbranched alkanes of at least 4 members (excludes halogenated alkanes) is 1. The van der Waals surface area contributed by atoms with Gasteiger partial charge in [0.2, 0.25) is 0 Å². The third-order valence-electron chi connectivity index (χ3n) is 2.80. The molecule has 0 spiro atoms. The Balaban J connectivity index is 3.68. The first kappa shape index (κ1) is 15.2. The molecule has 0 bridgehead atoms. The van der Waals surface area contributed by atoms with Crippen molar-refractivity contribution in [2.45, 2.75) is 65.7 Å². The summed E-state index contributed by atoms with van der Waals surface area (Å²) in [6, 6.07) is 0. The maximum absolute atomic E-state index is 4.11. The van der Waals surface area contributed by atoms with Gasteiger partial charge < -0.3 is 0 Å². The van der Waals surface area contributed by atoms with Crippen LogP contribution in [0.4, 0.5) is 0 Å². The molecule has 0 unspecified atom stereocenters. The second-order valence-electron chi connectivity index (χ2n) is 4.92. The summed E-state index contributed by atoms with van der Waals surface area (Å²) in [6.07, 6.45) is 10.7. The molecule has 0 aromatic heterocycles. The molecule has 0 nitrogen and oxygen atoms in total. The summed E-state index contributed by atoms with van der Waals surface area (Å²) in [4.78, 5) is 0. The van der Waals surface area contributed by atoms with E-state index in [0.717, 1.165) is 12.8 Å². The minimum Gasteiger partial charge on any atom is -0.100 e. The molecule has 0 atom stereocenters. The van der Waals surface area contributed by atoms with Crippen LogP contribution in [0.3, 0.4) is 0 Å². The van der Waals surface area contributed by atoms with E-state index in [1.165, 1.54) is 48.8 Å². The van der Waals surface area contributed by atoms with E-state index in [2.05, 4.69) is 40.0 Å². The average molecular weight is 220 g/mol. The van der Waals surface area contributed by atoms with Gasteiger partial charge in [0.25, 0.3) is 0 Å². The zero-order chi connectivity index (χ0) is 12.4. The maximum Gasteiger partial charge on any atom is -0.0139 e. The number of hydrogen-bond donors (Lipinski definition) is 0. The maximum atomic E-state index is 4.11. The quantitative estimate of drug-likeness (QED) is 0.430. The molecule has 0 radical (unpaired) electrons. The lowest BCUT2D eigenvalue weighted by Crippen LogP contribution is -1.84. The fraction of sp³-hybridized carbons (Fsp3) is 0.625. The van der Waals surface area contributed by atoms with Crippen molar-refractivity contribution in [2.75, 3.05) is 0 Å². The van der Waals surface area contributed by atoms with Crippen molar-refractivity contribution in [1.82, 2.24) is 0 Å². The molecule has 0 aliphatic heterocycles. The van der Waals surface area contributed by atoms with Gasteiger partial charge in [-0.2, -0.15) is 0 Å². The van der Waals surface area contributed by atoms with Gasteiger partial charge in [-0.05, 0) is 52.4 Å². The summed E-state index contributed by atoms with van der Waals surface area (Å²) in [5.41, 5.74) is 4.17. The second kappa shape index (κ2) is 9.45. The van der Waals surface area contributed by atoms with Crippen LogP contribution in [0.2, 0.25) is 0 Å². The van der Waals surface area contributed by atoms with Crippen LogP contribution in [0.1, 0.15) is 65.7 Å². The molecule has 0 heteroatoms. The van der Waals surface area contributed by atoms with Gasteiger partial charge in [0.1, 0.15) is 0 Å². The average Bonchev–Trinajstić information content (AvgIpc) is 2.23. The lowest BCUT2D eigenvalue weighted by atomic mass is 10.0. The van der Waals surface area contributed by atoms with E-state index >= 15 is 0 Å². The molecule has 0 saturated heterocycles. The van der Waals surface area contributed by atoms with E-state index in [1.54, 1.807) is 0 Å². The molecule has 0 aliphatic carbocycles. The van der Waals surface area contributed by atoms with Crippen LogP contribution in [0, 0.1) is 0 Å². The molecule has 0 aromatic carbocycles. The lowest BCUT2D eigenvalue weighted by Gasteiger charge is -2.04. The van der Waals surface area contributed by atoms with Crippen LogP contribution >= 0.6 is 0 Å². The smallest absolute Gasteiger partial charge is 0.0139 e. The van der Waals surface area contributed by atoms with Crippen LogP contribution in [-0.4, -0.2) is 0 Å². The number of hydrogen-bond acceptors (Lipinski definition) is 0. The van der Waals surface area contributed by atoms with Crippen molar-refractivity contribution in [1.29, 1.82) is 0 Å².